The SMILES string of the molecule is COc1ccc(-n2cnnn2)cc1C(=O)N(C)CC(CCN1CCC(Nc2nc3ccccc3n2Cc2ccc(F)cc2)CC1)c1ccc(Cl)c(Cl)c1. The normalized spacial score (nSPS) is 14.4. The molecule has 6 aromatic rings. The van der Waals surface area contributed by atoms with Gasteiger partial charge in [-0.25, -0.2) is 14.1 Å². The molecule has 0 spiro atoms. The van der Waals surface area contributed by atoms with E-state index in [9.17, 15) is 9.18 Å². The molecule has 11 nitrogen and oxygen atoms in total. The monoisotopic (exact) mass is 755 g/mol. The lowest BCUT2D eigenvalue weighted by Gasteiger charge is -2.34. The van der Waals surface area contributed by atoms with Gasteiger partial charge in [-0.15, -0.1) is 5.10 Å². The number of hydrogen-bond acceptors (Lipinski definition) is 8. The number of amides is 1. The number of nitrogens with one attached hydrogen (secondary N) is 1. The van der Waals surface area contributed by atoms with Gasteiger partial charge in [0.2, 0.25) is 5.95 Å². The molecule has 1 atom stereocenters. The second-order valence-electron chi connectivity index (χ2n) is 13.4. The Bertz CT molecular complexity index is 2170. The molecule has 0 saturated carbocycles. The van der Waals surface area contributed by atoms with Gasteiger partial charge in [-0.05, 0) is 102 Å². The Labute approximate surface area is 317 Å². The Balaban J connectivity index is 1.01. The summed E-state index contributed by atoms with van der Waals surface area (Å²) < 4.78 is 22.8. The second-order valence-corrected chi connectivity index (χ2v) is 14.2. The number of benzene rings is 4. The zero-order valence-electron chi connectivity index (χ0n) is 29.5. The van der Waals surface area contributed by atoms with Crippen molar-refractivity contribution < 1.29 is 13.9 Å². The fourth-order valence-corrected chi connectivity index (χ4v) is 7.28. The number of imidazole rings is 1. The zero-order valence-corrected chi connectivity index (χ0v) is 31.0. The number of hydrogen-bond donors (Lipinski definition) is 1. The van der Waals surface area contributed by atoms with Gasteiger partial charge < -0.3 is 24.4 Å². The highest BCUT2D eigenvalue weighted by Crippen LogP contribution is 2.31. The Morgan fingerprint density at radius 2 is 1.81 bits per heavy atom. The van der Waals surface area contributed by atoms with Crippen molar-refractivity contribution in [3.05, 3.63) is 124 Å². The number of fused-ring (bicyclic) bond motifs is 1. The smallest absolute Gasteiger partial charge is 0.257 e. The van der Waals surface area contributed by atoms with Crippen LogP contribution in [-0.2, 0) is 6.54 Å². The van der Waals surface area contributed by atoms with E-state index in [1.165, 1.54) is 23.1 Å². The lowest BCUT2D eigenvalue weighted by atomic mass is 9.94. The Morgan fingerprint density at radius 3 is 2.55 bits per heavy atom. The molecule has 7 rings (SSSR count). The van der Waals surface area contributed by atoms with E-state index in [0.29, 0.717) is 40.1 Å². The lowest BCUT2D eigenvalue weighted by Crippen LogP contribution is -2.40. The molecule has 2 aromatic heterocycles. The summed E-state index contributed by atoms with van der Waals surface area (Å²) in [5.41, 5.74) is 5.05. The maximum Gasteiger partial charge on any atom is 0.257 e. The van der Waals surface area contributed by atoms with Crippen molar-refractivity contribution in [3.8, 4) is 11.4 Å². The quantitative estimate of drug-likeness (QED) is 0.131. The van der Waals surface area contributed by atoms with E-state index in [1.807, 2.05) is 48.5 Å². The number of likely N-dealkylation sites (tertiary alicyclic amines) is 1. The summed E-state index contributed by atoms with van der Waals surface area (Å²) in [6, 6.07) is 26.0. The van der Waals surface area contributed by atoms with Gasteiger partial charge in [-0.1, -0.05) is 53.5 Å². The fraction of sp³-hybridized carbons (Fsp3) is 0.308. The molecule has 1 aliphatic heterocycles. The molecule has 53 heavy (non-hydrogen) atoms. The number of carbonyl (C=O) groups excluding carboxylic acids is 1. The average molecular weight is 757 g/mol. The van der Waals surface area contributed by atoms with Gasteiger partial charge in [-0.3, -0.25) is 4.79 Å². The molecule has 1 amide bonds. The van der Waals surface area contributed by atoms with Gasteiger partial charge in [0.05, 0.1) is 46.0 Å². The van der Waals surface area contributed by atoms with E-state index in [-0.39, 0.29) is 23.7 Å². The van der Waals surface area contributed by atoms with Gasteiger partial charge in [0, 0.05) is 38.6 Å². The zero-order chi connectivity index (χ0) is 36.9. The first-order valence-electron chi connectivity index (χ1n) is 17.6. The molecule has 274 valence electrons. The van der Waals surface area contributed by atoms with Gasteiger partial charge in [-0.2, -0.15) is 0 Å². The molecule has 1 fully saturated rings. The highest BCUT2D eigenvalue weighted by Gasteiger charge is 2.26. The van der Waals surface area contributed by atoms with Crippen LogP contribution >= 0.6 is 23.2 Å². The number of piperidine rings is 1. The highest BCUT2D eigenvalue weighted by atomic mass is 35.5. The predicted molar refractivity (Wildman–Crippen MR) is 205 cm³/mol. The summed E-state index contributed by atoms with van der Waals surface area (Å²) in [4.78, 5) is 23.1. The van der Waals surface area contributed by atoms with Crippen molar-refractivity contribution in [2.24, 2.45) is 0 Å². The van der Waals surface area contributed by atoms with Crippen LogP contribution in [0.15, 0.2) is 91.3 Å². The summed E-state index contributed by atoms with van der Waals surface area (Å²) in [7, 11) is 3.35. The third kappa shape index (κ3) is 8.45. The van der Waals surface area contributed by atoms with Crippen LogP contribution in [0.2, 0.25) is 10.0 Å². The first-order valence-corrected chi connectivity index (χ1v) is 18.3. The number of rotatable bonds is 13. The molecule has 4 aromatic carbocycles. The molecule has 0 radical (unpaired) electrons. The first-order chi connectivity index (χ1) is 25.7. The molecule has 3 heterocycles. The average Bonchev–Trinajstić information content (AvgIpc) is 3.84. The third-order valence-electron chi connectivity index (χ3n) is 9.91. The number of ether oxygens (including phenoxy) is 1. The molecule has 0 aliphatic carbocycles. The van der Waals surface area contributed by atoms with Crippen LogP contribution in [0.1, 0.15) is 46.7 Å². The number of tetrazole rings is 1. The van der Waals surface area contributed by atoms with Crippen LogP contribution in [-0.4, -0.2) is 91.8 Å². The summed E-state index contributed by atoms with van der Waals surface area (Å²) in [5.74, 6) is 0.852. The number of anilines is 1. The number of para-hydroxylation sites is 2. The number of methoxy groups -OCH3 is 1. The highest BCUT2D eigenvalue weighted by molar-refractivity contribution is 6.42. The number of aromatic nitrogens is 6. The van der Waals surface area contributed by atoms with Crippen LogP contribution < -0.4 is 10.1 Å². The van der Waals surface area contributed by atoms with Gasteiger partial charge in [0.1, 0.15) is 17.9 Å². The Hall–Kier alpha value is -5.04. The van der Waals surface area contributed by atoms with Crippen molar-refractivity contribution in [2.45, 2.75) is 37.8 Å². The summed E-state index contributed by atoms with van der Waals surface area (Å²) in [5, 5.41) is 16.1. The van der Waals surface area contributed by atoms with Crippen LogP contribution in [0.5, 0.6) is 5.75 Å². The van der Waals surface area contributed by atoms with E-state index in [4.69, 9.17) is 32.9 Å². The maximum atomic E-state index is 13.9. The van der Waals surface area contributed by atoms with E-state index in [0.717, 1.165) is 67.0 Å². The number of likely N-dealkylation sites (N-methyl/N-ethyl adjacent to an activating group) is 1. The van der Waals surface area contributed by atoms with Gasteiger partial charge in [0.25, 0.3) is 5.91 Å². The topological polar surface area (TPSA) is 106 Å². The third-order valence-corrected chi connectivity index (χ3v) is 10.6. The van der Waals surface area contributed by atoms with Crippen LogP contribution in [0.4, 0.5) is 10.3 Å². The first kappa shape index (κ1) is 36.3. The number of halogens is 3. The van der Waals surface area contributed by atoms with E-state index in [1.54, 1.807) is 37.3 Å². The molecule has 0 bridgehead atoms. The molecule has 14 heteroatoms. The summed E-state index contributed by atoms with van der Waals surface area (Å²) in [6.07, 6.45) is 4.19. The number of carbonyl (C=O) groups is 1. The van der Waals surface area contributed by atoms with Crippen molar-refractivity contribution in [2.75, 3.05) is 45.7 Å². The van der Waals surface area contributed by atoms with E-state index >= 15 is 0 Å². The Kier molecular flexibility index (Phi) is 11.2. The molecule has 1 saturated heterocycles. The summed E-state index contributed by atoms with van der Waals surface area (Å²) in [6.45, 7) is 3.73. The molecule has 1 unspecified atom stereocenters. The molecule has 1 aliphatic rings. The second kappa shape index (κ2) is 16.3. The predicted octanol–water partition coefficient (Wildman–Crippen LogP) is 7.34. The fourth-order valence-electron chi connectivity index (χ4n) is 6.97. The van der Waals surface area contributed by atoms with Gasteiger partial charge >= 0.3 is 0 Å². The van der Waals surface area contributed by atoms with E-state index < -0.39 is 0 Å². The summed E-state index contributed by atoms with van der Waals surface area (Å²) >= 11 is 12.8. The lowest BCUT2D eigenvalue weighted by molar-refractivity contribution is 0.0778. The van der Waals surface area contributed by atoms with Gasteiger partial charge in [0.15, 0.2) is 0 Å². The Morgan fingerprint density at radius 1 is 1.02 bits per heavy atom. The number of nitrogens with zero attached hydrogens (tertiary/aromatic N) is 8. The van der Waals surface area contributed by atoms with E-state index in [2.05, 4.69) is 36.4 Å². The van der Waals surface area contributed by atoms with Crippen LogP contribution in [0.25, 0.3) is 16.7 Å². The minimum Gasteiger partial charge on any atom is -0.496 e. The molecular formula is C39H40Cl2FN9O2. The van der Waals surface area contributed by atoms with Crippen molar-refractivity contribution in [1.29, 1.82) is 0 Å². The largest absolute Gasteiger partial charge is 0.496 e. The van der Waals surface area contributed by atoms with Crippen LogP contribution in [0, 0.1) is 5.82 Å². The molecule has 1 N–H and O–H groups in total. The minimum atomic E-state index is -0.248. The maximum absolute atomic E-state index is 13.9. The standard InChI is InChI=1S/C39H40Cl2FN9O2/c1-48(38(52)32-22-31(12-14-37(32)53-2)51-25-43-46-47-51)24-28(27-9-13-33(40)34(41)21-27)15-18-49-19-16-30(17-20-49)44-39-45-35-5-3-4-6-36(35)50(39)23-26-7-10-29(42)11-8-26/h3-14,21-22,25,28,30H,15-20,23-24H2,1-2H3,(H,44,45). The van der Waals surface area contributed by atoms with Crippen molar-refractivity contribution in [1.82, 2.24) is 39.6 Å². The van der Waals surface area contributed by atoms with Crippen molar-refractivity contribution >= 4 is 46.1 Å². The minimum absolute atomic E-state index is 0.00498. The molecular weight excluding hydrogens is 716 g/mol. The van der Waals surface area contributed by atoms with Crippen LogP contribution in [0.3, 0.4) is 0 Å². The van der Waals surface area contributed by atoms with Crippen molar-refractivity contribution in [3.63, 3.8) is 0 Å².